The van der Waals surface area contributed by atoms with Gasteiger partial charge in [0.25, 0.3) is 0 Å². The van der Waals surface area contributed by atoms with Crippen molar-refractivity contribution in [3.63, 3.8) is 0 Å². The number of hydrogen-bond donors (Lipinski definition) is 1. The fourth-order valence-electron chi connectivity index (χ4n) is 1.46. The third-order valence-corrected chi connectivity index (χ3v) is 2.46. The second-order valence-electron chi connectivity index (χ2n) is 4.18. The summed E-state index contributed by atoms with van der Waals surface area (Å²) in [6.07, 6.45) is 2.99. The number of carbonyl (C=O) groups is 2. The van der Waals surface area contributed by atoms with Crippen molar-refractivity contribution < 1.29 is 14.3 Å². The van der Waals surface area contributed by atoms with E-state index >= 15 is 0 Å². The number of esters is 1. The zero-order valence-electron chi connectivity index (χ0n) is 11.6. The van der Waals surface area contributed by atoms with Crippen molar-refractivity contribution in [3.05, 3.63) is 29.7 Å². The van der Waals surface area contributed by atoms with Gasteiger partial charge in [0.2, 0.25) is 5.91 Å². The van der Waals surface area contributed by atoms with Gasteiger partial charge in [-0.3, -0.25) is 9.48 Å². The Morgan fingerprint density at radius 2 is 2.26 bits per heavy atom. The third-order valence-electron chi connectivity index (χ3n) is 2.46. The highest BCUT2D eigenvalue weighted by atomic mass is 16.5. The molecule has 1 atom stereocenters. The molecule has 104 valence electrons. The van der Waals surface area contributed by atoms with Gasteiger partial charge >= 0.3 is 5.97 Å². The molecule has 6 nitrogen and oxygen atoms in total. The first-order valence-corrected chi connectivity index (χ1v) is 6.11. The van der Waals surface area contributed by atoms with Crippen molar-refractivity contribution in [3.8, 4) is 0 Å². The van der Waals surface area contributed by atoms with Gasteiger partial charge in [-0.1, -0.05) is 0 Å². The van der Waals surface area contributed by atoms with E-state index in [-0.39, 0.29) is 5.91 Å². The number of allylic oxidation sites excluding steroid dienone is 1. The lowest BCUT2D eigenvalue weighted by Crippen LogP contribution is -2.30. The average Bonchev–Trinajstić information content (AvgIpc) is 2.74. The molecule has 1 aromatic rings. The van der Waals surface area contributed by atoms with Crippen LogP contribution in [-0.2, 0) is 14.3 Å². The summed E-state index contributed by atoms with van der Waals surface area (Å²) in [6.45, 7) is 7.25. The summed E-state index contributed by atoms with van der Waals surface area (Å²) in [7, 11) is 0. The average molecular weight is 265 g/mol. The minimum absolute atomic E-state index is 0.235. The second kappa shape index (κ2) is 6.72. The molecule has 0 saturated heterocycles. The van der Waals surface area contributed by atoms with Gasteiger partial charge in [0.05, 0.1) is 12.3 Å². The monoisotopic (exact) mass is 265 g/mol. The molecule has 0 aliphatic heterocycles. The summed E-state index contributed by atoms with van der Waals surface area (Å²) in [4.78, 5) is 23.1. The summed E-state index contributed by atoms with van der Waals surface area (Å²) in [5.74, 6) is -0.705. The van der Waals surface area contributed by atoms with Crippen LogP contribution in [0.4, 0.5) is 0 Å². The molecule has 0 saturated carbocycles. The summed E-state index contributed by atoms with van der Waals surface area (Å²) in [5.41, 5.74) is 1.29. The first-order chi connectivity index (χ1) is 8.93. The van der Waals surface area contributed by atoms with Gasteiger partial charge in [0, 0.05) is 18.0 Å². The van der Waals surface area contributed by atoms with Crippen LogP contribution in [0.25, 0.3) is 0 Å². The quantitative estimate of drug-likeness (QED) is 0.644. The van der Waals surface area contributed by atoms with E-state index in [2.05, 4.69) is 10.4 Å². The molecule has 1 rings (SSSR count). The van der Waals surface area contributed by atoms with Crippen LogP contribution < -0.4 is 5.32 Å². The molecule has 6 heteroatoms. The van der Waals surface area contributed by atoms with E-state index in [0.29, 0.717) is 12.3 Å². The van der Waals surface area contributed by atoms with E-state index in [9.17, 15) is 9.59 Å². The summed E-state index contributed by atoms with van der Waals surface area (Å²) in [6, 6.07) is 1.38. The number of rotatable bonds is 5. The Morgan fingerprint density at radius 3 is 2.79 bits per heavy atom. The topological polar surface area (TPSA) is 73.2 Å². The molecule has 0 aliphatic carbocycles. The predicted molar refractivity (Wildman–Crippen MR) is 70.2 cm³/mol. The van der Waals surface area contributed by atoms with Crippen LogP contribution in [0, 0.1) is 6.92 Å². The van der Waals surface area contributed by atoms with Crippen molar-refractivity contribution in [1.29, 1.82) is 0 Å². The summed E-state index contributed by atoms with van der Waals surface area (Å²) in [5, 5.41) is 6.81. The molecule has 1 heterocycles. The third kappa shape index (κ3) is 4.57. The molecule has 1 N–H and O–H groups in total. The molecule has 0 radical (unpaired) electrons. The Morgan fingerprint density at radius 1 is 1.58 bits per heavy atom. The van der Waals surface area contributed by atoms with Gasteiger partial charge in [-0.25, -0.2) is 4.79 Å². The van der Waals surface area contributed by atoms with Crippen molar-refractivity contribution in [2.24, 2.45) is 0 Å². The largest absolute Gasteiger partial charge is 0.463 e. The van der Waals surface area contributed by atoms with Crippen LogP contribution in [0.5, 0.6) is 0 Å². The van der Waals surface area contributed by atoms with E-state index < -0.39 is 12.0 Å². The number of amides is 1. The highest BCUT2D eigenvalue weighted by molar-refractivity contribution is 5.86. The first-order valence-electron chi connectivity index (χ1n) is 6.11. The molecular weight excluding hydrogens is 246 g/mol. The summed E-state index contributed by atoms with van der Waals surface area (Å²) >= 11 is 0. The number of nitrogens with zero attached hydrogens (tertiary/aromatic N) is 2. The van der Waals surface area contributed by atoms with Crippen molar-refractivity contribution in [2.75, 3.05) is 6.61 Å². The molecule has 0 fully saturated rings. The van der Waals surface area contributed by atoms with E-state index in [1.54, 1.807) is 31.6 Å². The van der Waals surface area contributed by atoms with Gasteiger partial charge in [0.15, 0.2) is 0 Å². The molecule has 0 aliphatic rings. The number of ether oxygens (including phenoxy) is 1. The Balaban J connectivity index is 2.61. The predicted octanol–water partition coefficient (Wildman–Crippen LogP) is 1.34. The van der Waals surface area contributed by atoms with Crippen LogP contribution in [0.2, 0.25) is 0 Å². The molecule has 1 amide bonds. The van der Waals surface area contributed by atoms with Gasteiger partial charge in [-0.05, 0) is 33.8 Å². The maximum atomic E-state index is 11.9. The van der Waals surface area contributed by atoms with E-state index in [1.807, 2.05) is 13.0 Å². The smallest absolute Gasteiger partial charge is 0.332 e. The van der Waals surface area contributed by atoms with Crippen molar-refractivity contribution in [1.82, 2.24) is 15.1 Å². The summed E-state index contributed by atoms with van der Waals surface area (Å²) < 4.78 is 6.33. The highest BCUT2D eigenvalue weighted by Gasteiger charge is 2.15. The van der Waals surface area contributed by atoms with Crippen LogP contribution >= 0.6 is 0 Å². The zero-order valence-corrected chi connectivity index (χ0v) is 11.6. The number of aryl methyl sites for hydroxylation is 1. The lowest BCUT2D eigenvalue weighted by molar-refractivity contribution is -0.137. The van der Waals surface area contributed by atoms with Gasteiger partial charge in [0.1, 0.15) is 6.04 Å². The molecule has 1 aromatic heterocycles. The molecule has 19 heavy (non-hydrogen) atoms. The number of carbonyl (C=O) groups excluding carboxylic acids is 2. The first kappa shape index (κ1) is 14.9. The Bertz CT molecular complexity index is 491. The minimum atomic E-state index is -0.470. The second-order valence-corrected chi connectivity index (χ2v) is 4.18. The van der Waals surface area contributed by atoms with E-state index in [1.165, 1.54) is 6.08 Å². The lowest BCUT2D eigenvalue weighted by Gasteiger charge is -2.12. The number of hydrogen-bond acceptors (Lipinski definition) is 4. The number of aromatic nitrogens is 2. The normalized spacial score (nSPS) is 12.9. The van der Waals surface area contributed by atoms with E-state index in [0.717, 1.165) is 5.69 Å². The van der Waals surface area contributed by atoms with Gasteiger partial charge in [-0.2, -0.15) is 5.10 Å². The maximum absolute atomic E-state index is 11.9. The Hall–Kier alpha value is -2.11. The fourth-order valence-corrected chi connectivity index (χ4v) is 1.46. The zero-order chi connectivity index (χ0) is 14.4. The van der Waals surface area contributed by atoms with Crippen LogP contribution in [-0.4, -0.2) is 28.3 Å². The van der Waals surface area contributed by atoms with Crippen LogP contribution in [0.15, 0.2) is 24.0 Å². The van der Waals surface area contributed by atoms with Gasteiger partial charge < -0.3 is 10.1 Å². The van der Waals surface area contributed by atoms with Crippen LogP contribution in [0.3, 0.4) is 0 Å². The molecule has 0 spiro atoms. The highest BCUT2D eigenvalue weighted by Crippen LogP contribution is 2.06. The van der Waals surface area contributed by atoms with Crippen molar-refractivity contribution >= 4 is 11.9 Å². The van der Waals surface area contributed by atoms with Gasteiger partial charge in [-0.15, -0.1) is 0 Å². The standard InChI is InChI=1S/C13H19N3O3/c1-5-19-12(17)8-10(3)14-13(18)11(4)16-7-6-9(2)15-16/h6-8,11H,5H2,1-4H3,(H,14,18)/b10-8+. The Kier molecular flexibility index (Phi) is 5.29. The molecule has 1 unspecified atom stereocenters. The minimum Gasteiger partial charge on any atom is -0.463 e. The molecule has 0 bridgehead atoms. The van der Waals surface area contributed by atoms with E-state index in [4.69, 9.17) is 4.74 Å². The fraction of sp³-hybridized carbons (Fsp3) is 0.462. The maximum Gasteiger partial charge on any atom is 0.332 e. The molecular formula is C13H19N3O3. The Labute approximate surface area is 112 Å². The van der Waals surface area contributed by atoms with Crippen molar-refractivity contribution in [2.45, 2.75) is 33.7 Å². The number of nitrogens with one attached hydrogen (secondary N) is 1. The van der Waals surface area contributed by atoms with Crippen LogP contribution in [0.1, 0.15) is 32.5 Å². The lowest BCUT2D eigenvalue weighted by atomic mass is 10.3. The molecule has 0 aromatic carbocycles. The SMILES string of the molecule is CCOC(=O)/C=C(\C)NC(=O)C(C)n1ccc(C)n1.